The number of benzene rings is 3. The summed E-state index contributed by atoms with van der Waals surface area (Å²) >= 11 is 1.89. The molecule has 13 nitrogen and oxygen atoms in total. The first kappa shape index (κ1) is 40.4. The molecule has 0 atom stereocenters. The second-order valence-electron chi connectivity index (χ2n) is 11.9. The van der Waals surface area contributed by atoms with Gasteiger partial charge in [0, 0.05) is 28.2 Å². The fraction of sp³-hybridized carbons (Fsp3) is 0.351. The van der Waals surface area contributed by atoms with Crippen molar-refractivity contribution in [1.82, 2.24) is 9.80 Å². The van der Waals surface area contributed by atoms with E-state index >= 15 is 0 Å². The number of likely N-dealkylation sites (tertiary alicyclic amines) is 2. The number of carboxylic acids is 4. The quantitative estimate of drug-likeness (QED) is 0.164. The Morgan fingerprint density at radius 1 is 0.745 bits per heavy atom. The van der Waals surface area contributed by atoms with Crippen molar-refractivity contribution >= 4 is 45.3 Å². The summed E-state index contributed by atoms with van der Waals surface area (Å²) in [5, 5.41) is 30.9. The number of methoxy groups -OCH3 is 1. The number of thiophene rings is 1. The zero-order valence-corrected chi connectivity index (χ0v) is 29.2. The van der Waals surface area contributed by atoms with Gasteiger partial charge in [0.2, 0.25) is 0 Å². The van der Waals surface area contributed by atoms with Gasteiger partial charge in [0.25, 0.3) is 0 Å². The first-order chi connectivity index (χ1) is 24.0. The molecule has 2 fully saturated rings. The maximum Gasteiger partial charge on any atom is 0.414 e. The number of ether oxygens (including phenoxy) is 2. The van der Waals surface area contributed by atoms with Crippen LogP contribution < -0.4 is 9.47 Å². The van der Waals surface area contributed by atoms with E-state index in [-0.39, 0.29) is 5.48 Å². The van der Waals surface area contributed by atoms with Crippen LogP contribution in [0.2, 0.25) is 0 Å². The molecule has 0 bridgehead atoms. The maximum absolute atomic E-state index is 9.10. The van der Waals surface area contributed by atoms with E-state index < -0.39 is 23.9 Å². The van der Waals surface area contributed by atoms with Gasteiger partial charge in [0.1, 0.15) is 18.1 Å². The first-order valence-electron chi connectivity index (χ1n) is 16.3. The molecular formula is C37H44N2O11S. The number of aliphatic carboxylic acids is 4. The Morgan fingerprint density at radius 3 is 1.88 bits per heavy atom. The van der Waals surface area contributed by atoms with Gasteiger partial charge < -0.3 is 35.4 Å². The Balaban J connectivity index is 0.000000468. The topological polar surface area (TPSA) is 206 Å². The van der Waals surface area contributed by atoms with Crippen molar-refractivity contribution < 1.29 is 54.6 Å². The Morgan fingerprint density at radius 2 is 1.31 bits per heavy atom. The van der Waals surface area contributed by atoms with E-state index in [0.29, 0.717) is 0 Å². The highest BCUT2D eigenvalue weighted by molar-refractivity contribution is 7.22. The molecule has 0 saturated carbocycles. The lowest BCUT2D eigenvalue weighted by atomic mass is 9.97. The van der Waals surface area contributed by atoms with E-state index in [1.165, 1.54) is 89.1 Å². The highest BCUT2D eigenvalue weighted by Crippen LogP contribution is 2.40. The SMILES string of the molecule is COc1cc(Cc2c(-c3ccc(OCCN4CCCC4)cc3)sc3ccccc23)ccc1CN1CCCC1.O.O=C(O)C(=O)O.O=C(O)C(=O)O. The summed E-state index contributed by atoms with van der Waals surface area (Å²) in [6.45, 7) is 7.55. The van der Waals surface area contributed by atoms with Crippen LogP contribution in [-0.4, -0.2) is 106 Å². The van der Waals surface area contributed by atoms with Crippen LogP contribution in [0.5, 0.6) is 11.5 Å². The summed E-state index contributed by atoms with van der Waals surface area (Å²) in [4.78, 5) is 42.8. The zero-order valence-electron chi connectivity index (χ0n) is 28.4. The average molecular weight is 725 g/mol. The molecule has 2 aliphatic rings. The molecule has 14 heteroatoms. The third kappa shape index (κ3) is 12.1. The van der Waals surface area contributed by atoms with E-state index in [0.717, 1.165) is 37.6 Å². The molecule has 6 N–H and O–H groups in total. The second kappa shape index (κ2) is 20.0. The maximum atomic E-state index is 9.10. The summed E-state index contributed by atoms with van der Waals surface area (Å²) in [6.07, 6.45) is 6.14. The van der Waals surface area contributed by atoms with Crippen molar-refractivity contribution in [2.24, 2.45) is 0 Å². The molecule has 0 spiro atoms. The molecule has 2 saturated heterocycles. The Labute approximate surface area is 299 Å². The predicted octanol–water partition coefficient (Wildman–Crippen LogP) is 4.72. The molecular weight excluding hydrogens is 680 g/mol. The summed E-state index contributed by atoms with van der Waals surface area (Å²) in [5.74, 6) is -5.34. The van der Waals surface area contributed by atoms with Crippen LogP contribution in [0.3, 0.4) is 0 Å². The van der Waals surface area contributed by atoms with Gasteiger partial charge >= 0.3 is 23.9 Å². The molecule has 2 aliphatic heterocycles. The molecule has 0 unspecified atom stereocenters. The predicted molar refractivity (Wildman–Crippen MR) is 193 cm³/mol. The average Bonchev–Trinajstić information content (AvgIpc) is 3.89. The molecule has 3 heterocycles. The van der Waals surface area contributed by atoms with Gasteiger partial charge in [-0.25, -0.2) is 19.2 Å². The molecule has 274 valence electrons. The third-order valence-electron chi connectivity index (χ3n) is 8.38. The summed E-state index contributed by atoms with van der Waals surface area (Å²) in [5.41, 5.74) is 5.22. The molecule has 1 aromatic heterocycles. The highest BCUT2D eigenvalue weighted by Gasteiger charge is 2.18. The van der Waals surface area contributed by atoms with Crippen molar-refractivity contribution in [2.45, 2.75) is 38.6 Å². The standard InChI is InChI=1S/C33H38N2O2S.2C2H2O4.H2O/c1-36-31-23-25(10-11-27(31)24-35-18-6-7-19-35)22-30-29-8-2-3-9-32(29)38-33(30)26-12-14-28(15-13-26)37-21-20-34-16-4-5-17-34;2*3-1(4)2(5)6;/h2-3,8-15,23H,4-7,16-22,24H2,1H3;2*(H,3,4)(H,5,6);1H2. The molecule has 6 rings (SSSR count). The van der Waals surface area contributed by atoms with Crippen LogP contribution in [0.15, 0.2) is 66.7 Å². The van der Waals surface area contributed by atoms with Gasteiger partial charge in [0.05, 0.1) is 7.11 Å². The van der Waals surface area contributed by atoms with Crippen molar-refractivity contribution in [3.05, 3.63) is 83.4 Å². The second-order valence-corrected chi connectivity index (χ2v) is 12.9. The van der Waals surface area contributed by atoms with E-state index in [4.69, 9.17) is 49.1 Å². The molecule has 0 radical (unpaired) electrons. The Kier molecular flexibility index (Phi) is 15.8. The van der Waals surface area contributed by atoms with Crippen molar-refractivity contribution in [2.75, 3.05) is 46.4 Å². The molecule has 3 aromatic carbocycles. The fourth-order valence-electron chi connectivity index (χ4n) is 5.92. The van der Waals surface area contributed by atoms with Crippen LogP contribution in [0.1, 0.15) is 42.4 Å². The van der Waals surface area contributed by atoms with Gasteiger partial charge in [-0.1, -0.05) is 30.3 Å². The lowest BCUT2D eigenvalue weighted by Gasteiger charge is -2.18. The number of rotatable bonds is 10. The van der Waals surface area contributed by atoms with Gasteiger partial charge in [0.15, 0.2) is 0 Å². The van der Waals surface area contributed by atoms with E-state index in [1.807, 2.05) is 11.3 Å². The van der Waals surface area contributed by atoms with Gasteiger partial charge in [-0.15, -0.1) is 11.3 Å². The molecule has 4 aromatic rings. The van der Waals surface area contributed by atoms with Crippen LogP contribution in [0.25, 0.3) is 20.5 Å². The lowest BCUT2D eigenvalue weighted by molar-refractivity contribution is -0.159. The molecule has 51 heavy (non-hydrogen) atoms. The smallest absolute Gasteiger partial charge is 0.414 e. The van der Waals surface area contributed by atoms with Crippen LogP contribution in [0.4, 0.5) is 0 Å². The fourth-order valence-corrected chi connectivity index (χ4v) is 7.15. The minimum absolute atomic E-state index is 0. The Bertz CT molecular complexity index is 1710. The van der Waals surface area contributed by atoms with Gasteiger partial charge in [-0.2, -0.15) is 0 Å². The Hall–Kier alpha value is -5.02. The monoisotopic (exact) mass is 724 g/mol. The summed E-state index contributed by atoms with van der Waals surface area (Å²) in [7, 11) is 1.80. The van der Waals surface area contributed by atoms with E-state index in [9.17, 15) is 0 Å². The number of fused-ring (bicyclic) bond motifs is 1. The van der Waals surface area contributed by atoms with Crippen molar-refractivity contribution in [3.63, 3.8) is 0 Å². The number of hydrogen-bond donors (Lipinski definition) is 4. The molecule has 0 amide bonds. The summed E-state index contributed by atoms with van der Waals surface area (Å²) in [6, 6.07) is 24.3. The lowest BCUT2D eigenvalue weighted by Crippen LogP contribution is -2.25. The number of carbonyl (C=O) groups is 4. The van der Waals surface area contributed by atoms with Crippen molar-refractivity contribution in [3.8, 4) is 21.9 Å². The highest BCUT2D eigenvalue weighted by atomic mass is 32.1. The summed E-state index contributed by atoms with van der Waals surface area (Å²) < 4.78 is 13.3. The zero-order chi connectivity index (χ0) is 36.0. The minimum atomic E-state index is -1.82. The van der Waals surface area contributed by atoms with Crippen molar-refractivity contribution in [1.29, 1.82) is 0 Å². The van der Waals surface area contributed by atoms with E-state index in [2.05, 4.69) is 76.5 Å². The first-order valence-corrected chi connectivity index (χ1v) is 17.1. The van der Waals surface area contributed by atoms with Gasteiger partial charge in [-0.05, 0) is 117 Å². The van der Waals surface area contributed by atoms with E-state index in [1.54, 1.807) is 7.11 Å². The normalized spacial score (nSPS) is 14.0. The van der Waals surface area contributed by atoms with Crippen LogP contribution in [-0.2, 0) is 32.1 Å². The number of nitrogens with zero attached hydrogens (tertiary/aromatic N) is 2. The van der Waals surface area contributed by atoms with Crippen LogP contribution in [0, 0.1) is 0 Å². The minimum Gasteiger partial charge on any atom is -0.496 e. The molecule has 0 aliphatic carbocycles. The van der Waals surface area contributed by atoms with Gasteiger partial charge in [-0.3, -0.25) is 9.80 Å². The third-order valence-corrected chi connectivity index (χ3v) is 9.64. The largest absolute Gasteiger partial charge is 0.496 e. The van der Waals surface area contributed by atoms with Crippen LogP contribution >= 0.6 is 11.3 Å². The number of hydrogen-bond acceptors (Lipinski definition) is 9. The number of carboxylic acid groups (broad SMARTS) is 4.